The summed E-state index contributed by atoms with van der Waals surface area (Å²) in [6, 6.07) is 0. The molecule has 0 spiro atoms. The first-order valence-corrected chi connectivity index (χ1v) is 6.51. The Kier molecular flexibility index (Phi) is 4.58. The predicted octanol–water partition coefficient (Wildman–Crippen LogP) is 5.28. The third-order valence-electron chi connectivity index (χ3n) is 4.19. The molecule has 0 aliphatic heterocycles. The smallest absolute Gasteiger partial charge is 0.00843 e. The van der Waals surface area contributed by atoms with Crippen molar-refractivity contribution in [1.29, 1.82) is 0 Å². The molecule has 1 aliphatic carbocycles. The molecular weight excluding hydrogens is 192 g/mol. The molecule has 0 heteroatoms. The van der Waals surface area contributed by atoms with Crippen molar-refractivity contribution in [2.45, 2.75) is 53.4 Å². The molecule has 1 aliphatic rings. The van der Waals surface area contributed by atoms with Crippen LogP contribution in [0.3, 0.4) is 0 Å². The third kappa shape index (κ3) is 2.87. The molecule has 16 heavy (non-hydrogen) atoms. The Morgan fingerprint density at radius 1 is 1.56 bits per heavy atom. The normalized spacial score (nSPS) is 33.5. The lowest BCUT2D eigenvalue weighted by Crippen LogP contribution is -2.27. The molecule has 0 heterocycles. The summed E-state index contributed by atoms with van der Waals surface area (Å²) in [5, 5.41) is 0. The van der Waals surface area contributed by atoms with Crippen molar-refractivity contribution in [2.75, 3.05) is 0 Å². The van der Waals surface area contributed by atoms with Gasteiger partial charge in [-0.25, -0.2) is 0 Å². The van der Waals surface area contributed by atoms with Gasteiger partial charge in [0.25, 0.3) is 0 Å². The van der Waals surface area contributed by atoms with Gasteiger partial charge in [-0.05, 0) is 50.9 Å². The summed E-state index contributed by atoms with van der Waals surface area (Å²) in [7, 11) is 0. The molecule has 0 bridgehead atoms. The fourth-order valence-corrected chi connectivity index (χ4v) is 2.61. The number of hydrogen-bond donors (Lipinski definition) is 0. The van der Waals surface area contributed by atoms with Crippen LogP contribution in [-0.4, -0.2) is 0 Å². The molecular formula is C16H26. The molecule has 0 aromatic rings. The van der Waals surface area contributed by atoms with Gasteiger partial charge in [0.2, 0.25) is 0 Å². The van der Waals surface area contributed by atoms with E-state index in [4.69, 9.17) is 0 Å². The van der Waals surface area contributed by atoms with E-state index in [1.54, 1.807) is 5.57 Å². The second kappa shape index (κ2) is 5.52. The lowest BCUT2D eigenvalue weighted by atomic mass is 9.65. The minimum Gasteiger partial charge on any atom is -0.0996 e. The average Bonchev–Trinajstić information content (AvgIpc) is 2.26. The minimum atomic E-state index is 0.332. The zero-order valence-corrected chi connectivity index (χ0v) is 11.3. The molecule has 1 saturated carbocycles. The van der Waals surface area contributed by atoms with Gasteiger partial charge >= 0.3 is 0 Å². The molecule has 2 unspecified atom stereocenters. The summed E-state index contributed by atoms with van der Waals surface area (Å²) in [6.45, 7) is 13.1. The number of rotatable bonds is 3. The maximum absolute atomic E-state index is 4.17. The monoisotopic (exact) mass is 218 g/mol. The van der Waals surface area contributed by atoms with Gasteiger partial charge in [0, 0.05) is 0 Å². The van der Waals surface area contributed by atoms with Crippen LogP contribution >= 0.6 is 0 Å². The SMILES string of the molecule is C=C(C)C1(C)CCC(CC)/C(=C\C=C\C)C1. The maximum atomic E-state index is 4.17. The van der Waals surface area contributed by atoms with Crippen molar-refractivity contribution in [2.24, 2.45) is 11.3 Å². The summed E-state index contributed by atoms with van der Waals surface area (Å²) in [5.41, 5.74) is 3.30. The van der Waals surface area contributed by atoms with Crippen molar-refractivity contribution in [3.05, 3.63) is 36.0 Å². The first kappa shape index (κ1) is 13.3. The van der Waals surface area contributed by atoms with Crippen LogP contribution < -0.4 is 0 Å². The van der Waals surface area contributed by atoms with Crippen LogP contribution in [-0.2, 0) is 0 Å². The van der Waals surface area contributed by atoms with E-state index in [9.17, 15) is 0 Å². The Labute approximate surface area is 101 Å². The van der Waals surface area contributed by atoms with E-state index in [1.165, 1.54) is 31.3 Å². The van der Waals surface area contributed by atoms with Gasteiger partial charge in [0.1, 0.15) is 0 Å². The molecule has 90 valence electrons. The lowest BCUT2D eigenvalue weighted by Gasteiger charge is -2.39. The summed E-state index contributed by atoms with van der Waals surface area (Å²) >= 11 is 0. The molecule has 0 nitrogen and oxygen atoms in total. The molecule has 0 radical (unpaired) electrons. The van der Waals surface area contributed by atoms with E-state index in [2.05, 4.69) is 52.5 Å². The Morgan fingerprint density at radius 2 is 2.25 bits per heavy atom. The maximum Gasteiger partial charge on any atom is -0.00843 e. The van der Waals surface area contributed by atoms with Crippen molar-refractivity contribution in [3.8, 4) is 0 Å². The van der Waals surface area contributed by atoms with E-state index in [1.807, 2.05) is 0 Å². The molecule has 1 fully saturated rings. The average molecular weight is 218 g/mol. The minimum absolute atomic E-state index is 0.332. The van der Waals surface area contributed by atoms with Crippen LogP contribution in [0.1, 0.15) is 53.4 Å². The molecule has 2 atom stereocenters. The summed E-state index contributed by atoms with van der Waals surface area (Å²) < 4.78 is 0. The quantitative estimate of drug-likeness (QED) is 0.565. The third-order valence-corrected chi connectivity index (χ3v) is 4.19. The largest absolute Gasteiger partial charge is 0.0996 e. The summed E-state index contributed by atoms with van der Waals surface area (Å²) in [4.78, 5) is 0. The van der Waals surface area contributed by atoms with E-state index in [-0.39, 0.29) is 0 Å². The highest BCUT2D eigenvalue weighted by Gasteiger charge is 2.33. The van der Waals surface area contributed by atoms with Crippen LogP contribution in [0.25, 0.3) is 0 Å². The summed E-state index contributed by atoms with van der Waals surface area (Å²) in [5.74, 6) is 0.795. The Hall–Kier alpha value is -0.780. The first-order valence-electron chi connectivity index (χ1n) is 6.51. The van der Waals surface area contributed by atoms with Gasteiger partial charge in [0.05, 0.1) is 0 Å². The molecule has 0 aromatic heterocycles. The number of hydrogen-bond acceptors (Lipinski definition) is 0. The van der Waals surface area contributed by atoms with E-state index in [0.717, 1.165) is 5.92 Å². The highest BCUT2D eigenvalue weighted by molar-refractivity contribution is 5.23. The van der Waals surface area contributed by atoms with Crippen LogP contribution in [0.5, 0.6) is 0 Å². The zero-order chi connectivity index (χ0) is 12.2. The van der Waals surface area contributed by atoms with Crippen LogP contribution in [0, 0.1) is 11.3 Å². The topological polar surface area (TPSA) is 0 Å². The molecule has 0 saturated heterocycles. The highest BCUT2D eigenvalue weighted by atomic mass is 14.4. The zero-order valence-electron chi connectivity index (χ0n) is 11.3. The van der Waals surface area contributed by atoms with Crippen LogP contribution in [0.15, 0.2) is 36.0 Å². The van der Waals surface area contributed by atoms with Crippen molar-refractivity contribution >= 4 is 0 Å². The number of allylic oxidation sites excluding steroid dienone is 5. The van der Waals surface area contributed by atoms with Gasteiger partial charge in [-0.3, -0.25) is 0 Å². The van der Waals surface area contributed by atoms with Gasteiger partial charge in [-0.15, -0.1) is 0 Å². The van der Waals surface area contributed by atoms with Crippen molar-refractivity contribution < 1.29 is 0 Å². The fraction of sp³-hybridized carbons (Fsp3) is 0.625. The van der Waals surface area contributed by atoms with Crippen molar-refractivity contribution in [3.63, 3.8) is 0 Å². The van der Waals surface area contributed by atoms with Crippen molar-refractivity contribution in [1.82, 2.24) is 0 Å². The van der Waals surface area contributed by atoms with Crippen LogP contribution in [0.4, 0.5) is 0 Å². The molecule has 1 rings (SSSR count). The van der Waals surface area contributed by atoms with E-state index >= 15 is 0 Å². The molecule has 0 amide bonds. The molecule has 0 aromatic carbocycles. The van der Waals surface area contributed by atoms with Gasteiger partial charge in [0.15, 0.2) is 0 Å². The Morgan fingerprint density at radius 3 is 2.75 bits per heavy atom. The fourth-order valence-electron chi connectivity index (χ4n) is 2.61. The first-order chi connectivity index (χ1) is 7.53. The van der Waals surface area contributed by atoms with Crippen LogP contribution in [0.2, 0.25) is 0 Å². The molecule has 0 N–H and O–H groups in total. The summed E-state index contributed by atoms with van der Waals surface area (Å²) in [6.07, 6.45) is 11.7. The second-order valence-electron chi connectivity index (χ2n) is 5.43. The van der Waals surface area contributed by atoms with E-state index < -0.39 is 0 Å². The highest BCUT2D eigenvalue weighted by Crippen LogP contribution is 2.46. The van der Waals surface area contributed by atoms with Gasteiger partial charge in [-0.1, -0.05) is 49.8 Å². The lowest BCUT2D eigenvalue weighted by molar-refractivity contribution is 0.266. The standard InChI is InChI=1S/C16H26/c1-6-8-9-15-12-16(5,13(3)4)11-10-14(15)7-2/h6,8-9,14H,3,7,10-12H2,1-2,4-5H3/b8-6+,15-9-. The van der Waals surface area contributed by atoms with E-state index in [0.29, 0.717) is 5.41 Å². The Balaban J connectivity index is 2.89. The second-order valence-corrected chi connectivity index (χ2v) is 5.43. The Bertz CT molecular complexity index is 306. The van der Waals surface area contributed by atoms with Gasteiger partial charge < -0.3 is 0 Å². The predicted molar refractivity (Wildman–Crippen MR) is 73.5 cm³/mol. The van der Waals surface area contributed by atoms with Gasteiger partial charge in [-0.2, -0.15) is 0 Å².